The van der Waals surface area contributed by atoms with Crippen LogP contribution in [0.2, 0.25) is 0 Å². The molecule has 1 unspecified atom stereocenters. The third-order valence-corrected chi connectivity index (χ3v) is 7.31. The zero-order chi connectivity index (χ0) is 35.4. The van der Waals surface area contributed by atoms with Crippen LogP contribution in [0, 0.1) is 5.41 Å². The molecule has 3 amide bonds. The number of carbonyl (C=O) groups is 5. The van der Waals surface area contributed by atoms with E-state index in [1.807, 2.05) is 0 Å². The fourth-order valence-corrected chi connectivity index (χ4v) is 4.57. The van der Waals surface area contributed by atoms with Gasteiger partial charge in [0.15, 0.2) is 6.10 Å². The van der Waals surface area contributed by atoms with E-state index in [-0.39, 0.29) is 44.4 Å². The second-order valence-corrected chi connectivity index (χ2v) is 12.2. The van der Waals surface area contributed by atoms with Crippen LogP contribution in [0.15, 0.2) is 30.4 Å². The Morgan fingerprint density at radius 2 is 1.60 bits per heavy atom. The molecule has 48 heavy (non-hydrogen) atoms. The summed E-state index contributed by atoms with van der Waals surface area (Å²) in [4.78, 5) is 59.8. The van der Waals surface area contributed by atoms with Gasteiger partial charge in [-0.25, -0.2) is 4.79 Å². The maximum absolute atomic E-state index is 12.4. The predicted octanol–water partition coefficient (Wildman–Crippen LogP) is -0.556. The van der Waals surface area contributed by atoms with Crippen LogP contribution in [-0.4, -0.2) is 125 Å². The van der Waals surface area contributed by atoms with Crippen molar-refractivity contribution in [2.75, 3.05) is 39.5 Å². The van der Waals surface area contributed by atoms with E-state index in [9.17, 15) is 44.4 Å². The minimum atomic E-state index is -1.87. The van der Waals surface area contributed by atoms with Gasteiger partial charge < -0.3 is 49.4 Å². The molecule has 266 valence electrons. The summed E-state index contributed by atoms with van der Waals surface area (Å²) < 4.78 is 27.5. The monoisotopic (exact) mass is 680 g/mol. The lowest BCUT2D eigenvalue weighted by Crippen LogP contribution is -2.61. The molecule has 1 aromatic carbocycles. The summed E-state index contributed by atoms with van der Waals surface area (Å²) in [5.41, 5.74) is 0.477. The number of hydrogen-bond acceptors (Lipinski definition) is 13. The molecule has 1 saturated heterocycles. The number of ether oxygens (including phenoxy) is 5. The van der Waals surface area contributed by atoms with Crippen molar-refractivity contribution < 1.29 is 68.1 Å². The molecule has 0 aliphatic carbocycles. The molecule has 2 aliphatic rings. The molecule has 0 spiro atoms. The van der Waals surface area contributed by atoms with Gasteiger partial charge in [0.05, 0.1) is 25.2 Å². The number of carboxylic acid groups (broad SMARTS) is 1. The van der Waals surface area contributed by atoms with Crippen LogP contribution in [0.4, 0.5) is 0 Å². The molecule has 2 aliphatic heterocycles. The van der Waals surface area contributed by atoms with E-state index in [1.54, 1.807) is 39.0 Å². The highest BCUT2D eigenvalue weighted by Gasteiger charge is 2.48. The number of aryl methyl sites for hydroxylation is 1. The smallest absolute Gasteiger partial charge is 0.335 e. The Bertz CT molecular complexity index is 1310. The summed E-state index contributed by atoms with van der Waals surface area (Å²) in [7, 11) is 0. The Morgan fingerprint density at radius 3 is 2.25 bits per heavy atom. The van der Waals surface area contributed by atoms with Crippen LogP contribution >= 0.6 is 0 Å². The largest absolute Gasteiger partial charge is 0.479 e. The van der Waals surface area contributed by atoms with Crippen LogP contribution in [-0.2, 0) is 55.9 Å². The number of esters is 1. The fraction of sp³-hybridized carbons (Fsp3) is 0.594. The van der Waals surface area contributed by atoms with Gasteiger partial charge in [-0.05, 0) is 51.3 Å². The number of aliphatic carboxylic acids is 1. The summed E-state index contributed by atoms with van der Waals surface area (Å²) >= 11 is 0. The minimum absolute atomic E-state index is 0.00198. The number of imide groups is 1. The quantitative estimate of drug-likeness (QED) is 0.0745. The summed E-state index contributed by atoms with van der Waals surface area (Å²) in [6.45, 7) is 6.47. The number of carboxylic acids is 1. The number of hydrogen-bond donors (Lipinski definition) is 5. The number of aliphatic hydroxyl groups is 3. The first-order valence-electron chi connectivity index (χ1n) is 15.5. The fourth-order valence-electron chi connectivity index (χ4n) is 4.57. The topological polar surface area (TPSA) is 228 Å². The van der Waals surface area contributed by atoms with Crippen LogP contribution in [0.25, 0.3) is 0 Å². The molecule has 5 N–H and O–H groups in total. The highest BCUT2D eigenvalue weighted by molar-refractivity contribution is 6.13. The number of rotatable bonds is 18. The normalized spacial score (nSPS) is 22.5. The molecule has 16 heteroatoms. The second kappa shape index (κ2) is 18.0. The van der Waals surface area contributed by atoms with Crippen molar-refractivity contribution in [3.8, 4) is 5.75 Å². The van der Waals surface area contributed by atoms with E-state index in [2.05, 4.69) is 5.32 Å². The van der Waals surface area contributed by atoms with Gasteiger partial charge in [-0.1, -0.05) is 6.07 Å². The Balaban J connectivity index is 1.41. The van der Waals surface area contributed by atoms with Crippen molar-refractivity contribution in [3.05, 3.63) is 41.5 Å². The zero-order valence-corrected chi connectivity index (χ0v) is 27.2. The highest BCUT2D eigenvalue weighted by Crippen LogP contribution is 2.29. The standard InChI is InChI=1S/C32H44N2O14/c1-32(2,3)31(43)46-18-20-17-19(6-7-21(20)47-30-27(40)25(38)26(39)28(48-30)29(41)42)5-4-13-44-15-16-45-14-11-33-22(35)10-12-34-23(36)8-9-24(34)37/h6-9,17,25-28,30,38-40H,4-5,10-16,18H2,1-3H3,(H,33,35)(H,41,42)/t25-,26-,27+,28?,30+/m0/s1. The zero-order valence-electron chi connectivity index (χ0n) is 27.2. The van der Waals surface area contributed by atoms with Gasteiger partial charge in [0, 0.05) is 43.8 Å². The Morgan fingerprint density at radius 1 is 0.938 bits per heavy atom. The molecule has 1 aromatic rings. The Kier molecular flexibility index (Phi) is 14.4. The lowest BCUT2D eigenvalue weighted by molar-refractivity contribution is -0.271. The van der Waals surface area contributed by atoms with E-state index in [1.165, 1.54) is 12.2 Å². The van der Waals surface area contributed by atoms with Gasteiger partial charge in [0.25, 0.3) is 11.8 Å². The summed E-state index contributed by atoms with van der Waals surface area (Å²) in [5, 5.41) is 42.5. The van der Waals surface area contributed by atoms with Gasteiger partial charge in [-0.15, -0.1) is 0 Å². The molecule has 5 atom stereocenters. The number of amides is 3. The molecule has 0 aromatic heterocycles. The van der Waals surface area contributed by atoms with E-state index in [0.717, 1.165) is 10.5 Å². The number of aliphatic hydroxyl groups excluding tert-OH is 3. The molecular formula is C32H44N2O14. The molecule has 2 heterocycles. The average Bonchev–Trinajstić information content (AvgIpc) is 3.36. The van der Waals surface area contributed by atoms with Gasteiger partial charge in [-0.3, -0.25) is 24.1 Å². The number of nitrogens with one attached hydrogen (secondary N) is 1. The second-order valence-electron chi connectivity index (χ2n) is 12.2. The van der Waals surface area contributed by atoms with Crippen molar-refractivity contribution in [2.24, 2.45) is 5.41 Å². The summed E-state index contributed by atoms with van der Waals surface area (Å²) in [6, 6.07) is 5.01. The van der Waals surface area contributed by atoms with Crippen molar-refractivity contribution in [1.82, 2.24) is 10.2 Å². The van der Waals surface area contributed by atoms with Crippen LogP contribution in [0.1, 0.15) is 44.7 Å². The van der Waals surface area contributed by atoms with E-state index >= 15 is 0 Å². The minimum Gasteiger partial charge on any atom is -0.479 e. The SMILES string of the molecule is CC(C)(C)C(=O)OCc1cc(CCCOCCOCCNC(=O)CCN2C(=O)C=CC2=O)ccc1O[C@@H]1OC(C(=O)O)[C@@H](O)[C@H](O)[C@H]1O. The first-order chi connectivity index (χ1) is 22.7. The maximum atomic E-state index is 12.4. The highest BCUT2D eigenvalue weighted by atomic mass is 16.7. The van der Waals surface area contributed by atoms with E-state index in [0.29, 0.717) is 38.2 Å². The third kappa shape index (κ3) is 11.4. The predicted molar refractivity (Wildman–Crippen MR) is 164 cm³/mol. The molecule has 16 nitrogen and oxygen atoms in total. The molecule has 0 saturated carbocycles. The summed E-state index contributed by atoms with van der Waals surface area (Å²) in [6.07, 6.45) is -5.40. The lowest BCUT2D eigenvalue weighted by Gasteiger charge is -2.38. The Labute approximate surface area is 277 Å². The number of carbonyl (C=O) groups excluding carboxylic acids is 4. The average molecular weight is 681 g/mol. The van der Waals surface area contributed by atoms with Crippen molar-refractivity contribution in [2.45, 2.75) is 77.3 Å². The van der Waals surface area contributed by atoms with Gasteiger partial charge >= 0.3 is 11.9 Å². The van der Waals surface area contributed by atoms with Gasteiger partial charge in [-0.2, -0.15) is 0 Å². The van der Waals surface area contributed by atoms with Crippen molar-refractivity contribution in [3.63, 3.8) is 0 Å². The third-order valence-electron chi connectivity index (χ3n) is 7.31. The number of benzene rings is 1. The molecular weight excluding hydrogens is 636 g/mol. The number of nitrogens with zero attached hydrogens (tertiary/aromatic N) is 1. The van der Waals surface area contributed by atoms with Crippen LogP contribution < -0.4 is 10.1 Å². The molecule has 0 bridgehead atoms. The van der Waals surface area contributed by atoms with Crippen molar-refractivity contribution in [1.29, 1.82) is 0 Å². The first-order valence-corrected chi connectivity index (χ1v) is 15.5. The van der Waals surface area contributed by atoms with Crippen LogP contribution in [0.5, 0.6) is 5.75 Å². The van der Waals surface area contributed by atoms with Crippen LogP contribution in [0.3, 0.4) is 0 Å². The Hall–Kier alpha value is -3.93. The summed E-state index contributed by atoms with van der Waals surface area (Å²) in [5.74, 6) is -3.06. The molecule has 3 rings (SSSR count). The van der Waals surface area contributed by atoms with Crippen molar-refractivity contribution >= 4 is 29.7 Å². The molecule has 1 fully saturated rings. The maximum Gasteiger partial charge on any atom is 0.335 e. The van der Waals surface area contributed by atoms with E-state index in [4.69, 9.17) is 23.7 Å². The molecule has 0 radical (unpaired) electrons. The van der Waals surface area contributed by atoms with Gasteiger partial charge in [0.2, 0.25) is 12.2 Å². The first kappa shape index (κ1) is 38.5. The van der Waals surface area contributed by atoms with E-state index < -0.39 is 59.9 Å². The van der Waals surface area contributed by atoms with Gasteiger partial charge in [0.1, 0.15) is 30.7 Å². The lowest BCUT2D eigenvalue weighted by atomic mass is 9.97.